The highest BCUT2D eigenvalue weighted by Gasteiger charge is 2.17. The summed E-state index contributed by atoms with van der Waals surface area (Å²) in [5.41, 5.74) is 5.76. The van der Waals surface area contributed by atoms with Gasteiger partial charge in [-0.15, -0.1) is 0 Å². The van der Waals surface area contributed by atoms with Gasteiger partial charge < -0.3 is 10.6 Å². The lowest BCUT2D eigenvalue weighted by molar-refractivity contribution is 0.833. The summed E-state index contributed by atoms with van der Waals surface area (Å²) in [4.78, 5) is 19.1. The summed E-state index contributed by atoms with van der Waals surface area (Å²) in [5, 5.41) is 1.74. The second-order valence-electron chi connectivity index (χ2n) is 4.36. The van der Waals surface area contributed by atoms with Crippen LogP contribution in [-0.2, 0) is 0 Å². The maximum atomic E-state index is 6.08. The molecule has 1 aliphatic heterocycles. The molecule has 0 atom stereocenters. The van der Waals surface area contributed by atoms with Crippen molar-refractivity contribution in [2.45, 2.75) is 23.0 Å². The van der Waals surface area contributed by atoms with E-state index in [4.69, 9.17) is 17.3 Å². The zero-order valence-corrected chi connectivity index (χ0v) is 12.2. The number of anilines is 2. The van der Waals surface area contributed by atoms with Gasteiger partial charge in [0.15, 0.2) is 0 Å². The van der Waals surface area contributed by atoms with Crippen LogP contribution in [0.4, 0.5) is 11.9 Å². The molecule has 0 aliphatic carbocycles. The van der Waals surface area contributed by atoms with Crippen LogP contribution in [-0.4, -0.2) is 33.0 Å². The molecule has 1 fully saturated rings. The maximum Gasteiger partial charge on any atom is 0.231 e. The van der Waals surface area contributed by atoms with Crippen molar-refractivity contribution in [3.8, 4) is 0 Å². The third-order valence-corrected chi connectivity index (χ3v) is 4.22. The Morgan fingerprint density at radius 2 is 2.00 bits per heavy atom. The van der Waals surface area contributed by atoms with Gasteiger partial charge in [-0.2, -0.15) is 15.0 Å². The van der Waals surface area contributed by atoms with E-state index < -0.39 is 0 Å². The topological polar surface area (TPSA) is 80.8 Å². The Kier molecular flexibility index (Phi) is 3.88. The van der Waals surface area contributed by atoms with Crippen LogP contribution < -0.4 is 10.6 Å². The van der Waals surface area contributed by atoms with Crippen molar-refractivity contribution < 1.29 is 0 Å². The van der Waals surface area contributed by atoms with E-state index in [1.54, 1.807) is 18.3 Å². The highest BCUT2D eigenvalue weighted by Crippen LogP contribution is 2.30. The number of halogens is 1. The molecule has 2 N–H and O–H groups in total. The Balaban J connectivity index is 1.88. The summed E-state index contributed by atoms with van der Waals surface area (Å²) in [6.07, 6.45) is 3.99. The smallest absolute Gasteiger partial charge is 0.231 e. The number of hydrogen-bond donors (Lipinski definition) is 1. The van der Waals surface area contributed by atoms with Crippen molar-refractivity contribution in [2.24, 2.45) is 0 Å². The molecule has 1 aliphatic rings. The Morgan fingerprint density at radius 1 is 1.20 bits per heavy atom. The zero-order valence-electron chi connectivity index (χ0n) is 10.7. The molecule has 20 heavy (non-hydrogen) atoms. The lowest BCUT2D eigenvalue weighted by Crippen LogP contribution is -2.21. The van der Waals surface area contributed by atoms with E-state index in [1.165, 1.54) is 11.8 Å². The molecule has 0 radical (unpaired) electrons. The fraction of sp³-hybridized carbons (Fsp3) is 0.333. The predicted octanol–water partition coefficient (Wildman–Crippen LogP) is 2.25. The highest BCUT2D eigenvalue weighted by atomic mass is 35.5. The number of pyridine rings is 1. The molecular formula is C12H13ClN6S. The van der Waals surface area contributed by atoms with Gasteiger partial charge in [0.05, 0.1) is 5.02 Å². The fourth-order valence-corrected chi connectivity index (χ4v) is 2.95. The molecule has 0 spiro atoms. The van der Waals surface area contributed by atoms with E-state index in [1.807, 2.05) is 0 Å². The van der Waals surface area contributed by atoms with E-state index in [0.717, 1.165) is 25.9 Å². The van der Waals surface area contributed by atoms with Crippen LogP contribution in [0.25, 0.3) is 0 Å². The minimum atomic E-state index is 0.219. The summed E-state index contributed by atoms with van der Waals surface area (Å²) in [7, 11) is 0. The zero-order chi connectivity index (χ0) is 13.9. The van der Waals surface area contributed by atoms with Gasteiger partial charge in [-0.1, -0.05) is 11.6 Å². The van der Waals surface area contributed by atoms with Gasteiger partial charge in [-0.05, 0) is 36.7 Å². The summed E-state index contributed by atoms with van der Waals surface area (Å²) < 4.78 is 0. The Morgan fingerprint density at radius 3 is 2.75 bits per heavy atom. The number of aromatic nitrogens is 4. The molecule has 0 bridgehead atoms. The van der Waals surface area contributed by atoms with E-state index >= 15 is 0 Å². The number of nitrogen functional groups attached to an aromatic ring is 1. The van der Waals surface area contributed by atoms with Crippen LogP contribution in [0.1, 0.15) is 12.8 Å². The minimum Gasteiger partial charge on any atom is -0.368 e. The molecule has 0 aromatic carbocycles. The molecular weight excluding hydrogens is 296 g/mol. The average Bonchev–Trinajstić information content (AvgIpc) is 2.95. The third-order valence-electron chi connectivity index (χ3n) is 2.92. The van der Waals surface area contributed by atoms with Crippen molar-refractivity contribution in [1.82, 2.24) is 19.9 Å². The summed E-state index contributed by atoms with van der Waals surface area (Å²) >= 11 is 7.37. The molecule has 3 rings (SSSR count). The predicted molar refractivity (Wildman–Crippen MR) is 79.1 cm³/mol. The number of rotatable bonds is 3. The molecule has 2 aromatic rings. The third kappa shape index (κ3) is 2.94. The number of nitrogens with zero attached hydrogens (tertiary/aromatic N) is 5. The van der Waals surface area contributed by atoms with Crippen molar-refractivity contribution in [1.29, 1.82) is 0 Å². The van der Waals surface area contributed by atoms with Crippen LogP contribution in [0.15, 0.2) is 28.5 Å². The number of nitrogens with two attached hydrogens (primary N) is 1. The lowest BCUT2D eigenvalue weighted by Gasteiger charge is -2.15. The molecule has 0 saturated carbocycles. The first-order chi connectivity index (χ1) is 9.72. The molecule has 6 nitrogen and oxygen atoms in total. The normalized spacial score (nSPS) is 14.8. The molecule has 2 aromatic heterocycles. The molecule has 1 saturated heterocycles. The fourth-order valence-electron chi connectivity index (χ4n) is 2.00. The van der Waals surface area contributed by atoms with Gasteiger partial charge in [0.25, 0.3) is 0 Å². The van der Waals surface area contributed by atoms with Gasteiger partial charge >= 0.3 is 0 Å². The van der Waals surface area contributed by atoms with Gasteiger partial charge in [0.2, 0.25) is 17.1 Å². The van der Waals surface area contributed by atoms with Crippen LogP contribution in [0.3, 0.4) is 0 Å². The van der Waals surface area contributed by atoms with Crippen LogP contribution >= 0.6 is 23.4 Å². The summed E-state index contributed by atoms with van der Waals surface area (Å²) in [5.74, 6) is 0.848. The van der Waals surface area contributed by atoms with Gasteiger partial charge in [0.1, 0.15) is 5.03 Å². The van der Waals surface area contributed by atoms with Gasteiger partial charge in [-0.3, -0.25) is 0 Å². The summed E-state index contributed by atoms with van der Waals surface area (Å²) in [6, 6.07) is 3.56. The first-order valence-corrected chi connectivity index (χ1v) is 7.47. The molecule has 0 unspecified atom stereocenters. The van der Waals surface area contributed by atoms with Crippen LogP contribution in [0.2, 0.25) is 5.02 Å². The largest absolute Gasteiger partial charge is 0.368 e. The standard InChI is InChI=1S/C12H13ClN6S/c13-8-4-3-5-15-9(8)20-12-17-10(14)16-11(18-12)19-6-1-2-7-19/h3-5H,1-2,6-7H2,(H2,14,16,17,18). The molecule has 104 valence electrons. The Labute approximate surface area is 125 Å². The maximum absolute atomic E-state index is 6.08. The molecule has 0 amide bonds. The van der Waals surface area contributed by atoms with E-state index in [-0.39, 0.29) is 5.95 Å². The summed E-state index contributed by atoms with van der Waals surface area (Å²) in [6.45, 7) is 1.91. The van der Waals surface area contributed by atoms with Gasteiger partial charge in [0, 0.05) is 19.3 Å². The Bertz CT molecular complexity index is 617. The highest BCUT2D eigenvalue weighted by molar-refractivity contribution is 7.99. The first-order valence-electron chi connectivity index (χ1n) is 6.27. The van der Waals surface area contributed by atoms with E-state index in [0.29, 0.717) is 21.2 Å². The van der Waals surface area contributed by atoms with Crippen molar-refractivity contribution in [2.75, 3.05) is 23.7 Å². The van der Waals surface area contributed by atoms with Crippen molar-refractivity contribution >= 4 is 35.3 Å². The van der Waals surface area contributed by atoms with Crippen molar-refractivity contribution in [3.63, 3.8) is 0 Å². The Hall–Kier alpha value is -1.60. The second-order valence-corrected chi connectivity index (χ2v) is 5.73. The van der Waals surface area contributed by atoms with E-state index in [9.17, 15) is 0 Å². The quantitative estimate of drug-likeness (QED) is 0.931. The SMILES string of the molecule is Nc1nc(Sc2ncccc2Cl)nc(N2CCCC2)n1. The minimum absolute atomic E-state index is 0.219. The average molecular weight is 309 g/mol. The first kappa shape index (κ1) is 13.4. The van der Waals surface area contributed by atoms with E-state index in [2.05, 4.69) is 24.8 Å². The van der Waals surface area contributed by atoms with Gasteiger partial charge in [-0.25, -0.2) is 4.98 Å². The lowest BCUT2D eigenvalue weighted by atomic mass is 10.4. The monoisotopic (exact) mass is 308 g/mol. The van der Waals surface area contributed by atoms with Crippen LogP contribution in [0, 0.1) is 0 Å². The second kappa shape index (κ2) is 5.80. The van der Waals surface area contributed by atoms with Crippen molar-refractivity contribution in [3.05, 3.63) is 23.4 Å². The molecule has 3 heterocycles. The van der Waals surface area contributed by atoms with Crippen LogP contribution in [0.5, 0.6) is 0 Å². The number of hydrogen-bond acceptors (Lipinski definition) is 7. The molecule has 8 heteroatoms.